The van der Waals surface area contributed by atoms with Gasteiger partial charge in [-0.1, -0.05) is 18.2 Å². The fourth-order valence-electron chi connectivity index (χ4n) is 3.85. The average Bonchev–Trinajstić information content (AvgIpc) is 3.44. The van der Waals surface area contributed by atoms with E-state index in [2.05, 4.69) is 43.1 Å². The van der Waals surface area contributed by atoms with Crippen LogP contribution in [0.5, 0.6) is 0 Å². The Hall–Kier alpha value is -4.06. The highest BCUT2D eigenvalue weighted by Crippen LogP contribution is 2.28. The van der Waals surface area contributed by atoms with Gasteiger partial charge in [-0.05, 0) is 66.4 Å². The van der Waals surface area contributed by atoms with Gasteiger partial charge < -0.3 is 9.97 Å². The Morgan fingerprint density at radius 3 is 2.23 bits per heavy atom. The van der Waals surface area contributed by atoms with E-state index in [1.807, 2.05) is 54.9 Å². The van der Waals surface area contributed by atoms with Gasteiger partial charge in [-0.25, -0.2) is 9.97 Å². The normalized spacial score (nSPS) is 12.9. The maximum Gasteiger partial charge on any atom is 0.157 e. The number of rotatable bonds is 3. The maximum atomic E-state index is 4.71. The molecular weight excluding hydrogens is 372 g/mol. The van der Waals surface area contributed by atoms with Crippen molar-refractivity contribution in [3.8, 4) is 34.2 Å². The number of aromatic amines is 2. The number of hydrogen-bond donors (Lipinski definition) is 2. The molecule has 0 spiro atoms. The van der Waals surface area contributed by atoms with Crippen LogP contribution in [0.2, 0.25) is 0 Å². The van der Waals surface area contributed by atoms with Gasteiger partial charge >= 0.3 is 0 Å². The molecule has 0 bridgehead atoms. The molecule has 0 saturated carbocycles. The molecule has 144 valence electrons. The lowest BCUT2D eigenvalue weighted by Crippen LogP contribution is -1.91. The first-order chi connectivity index (χ1) is 14.8. The Labute approximate surface area is 172 Å². The smallest absolute Gasteiger partial charge is 0.157 e. The lowest BCUT2D eigenvalue weighted by molar-refractivity contribution is 0.943. The van der Waals surface area contributed by atoms with E-state index in [1.165, 1.54) is 5.69 Å². The summed E-state index contributed by atoms with van der Waals surface area (Å²) in [4.78, 5) is 25.2. The van der Waals surface area contributed by atoms with Crippen molar-refractivity contribution in [1.29, 1.82) is 0 Å². The number of allylic oxidation sites excluding steroid dienone is 1. The van der Waals surface area contributed by atoms with Crippen LogP contribution in [0.3, 0.4) is 0 Å². The van der Waals surface area contributed by atoms with E-state index in [4.69, 9.17) is 4.98 Å². The number of benzene rings is 1. The third-order valence-corrected chi connectivity index (χ3v) is 5.38. The quantitative estimate of drug-likeness (QED) is 0.452. The minimum absolute atomic E-state index is 0.762. The van der Waals surface area contributed by atoms with E-state index in [1.54, 1.807) is 0 Å². The van der Waals surface area contributed by atoms with E-state index in [9.17, 15) is 0 Å². The Bertz CT molecular complexity index is 1380. The van der Waals surface area contributed by atoms with Crippen LogP contribution in [0, 0.1) is 0 Å². The summed E-state index contributed by atoms with van der Waals surface area (Å²) in [6, 6.07) is 16.1. The zero-order valence-electron chi connectivity index (χ0n) is 16.1. The number of aromatic nitrogens is 6. The first-order valence-electron chi connectivity index (χ1n) is 9.97. The number of aryl methyl sites for hydroxylation is 1. The van der Waals surface area contributed by atoms with Gasteiger partial charge in [0.15, 0.2) is 11.6 Å². The Kier molecular flexibility index (Phi) is 3.81. The summed E-state index contributed by atoms with van der Waals surface area (Å²) in [5.41, 5.74) is 7.88. The van der Waals surface area contributed by atoms with Crippen molar-refractivity contribution >= 4 is 17.1 Å². The van der Waals surface area contributed by atoms with Crippen molar-refractivity contribution < 1.29 is 0 Å². The fourth-order valence-corrected chi connectivity index (χ4v) is 3.85. The molecule has 0 radical (unpaired) electrons. The first kappa shape index (κ1) is 16.9. The minimum atomic E-state index is 0.762. The summed E-state index contributed by atoms with van der Waals surface area (Å²) in [5.74, 6) is 1.57. The van der Waals surface area contributed by atoms with Crippen molar-refractivity contribution in [2.75, 3.05) is 0 Å². The number of fused-ring (bicyclic) bond motifs is 2. The molecule has 0 aliphatic heterocycles. The number of H-pyrrole nitrogens is 2. The average molecular weight is 390 g/mol. The molecule has 2 N–H and O–H groups in total. The second kappa shape index (κ2) is 6.77. The predicted octanol–water partition coefficient (Wildman–Crippen LogP) is 5.04. The number of para-hydroxylation sites is 2. The van der Waals surface area contributed by atoms with Crippen molar-refractivity contribution in [1.82, 2.24) is 29.9 Å². The summed E-state index contributed by atoms with van der Waals surface area (Å²) in [5, 5.41) is 0. The van der Waals surface area contributed by atoms with Crippen LogP contribution in [-0.2, 0) is 6.42 Å². The minimum Gasteiger partial charge on any atom is -0.340 e. The van der Waals surface area contributed by atoms with Crippen LogP contribution in [0.4, 0.5) is 0 Å². The van der Waals surface area contributed by atoms with Crippen molar-refractivity contribution in [2.24, 2.45) is 0 Å². The van der Waals surface area contributed by atoms with Crippen LogP contribution in [0.1, 0.15) is 17.8 Å². The van der Waals surface area contributed by atoms with Crippen LogP contribution in [-0.4, -0.2) is 29.9 Å². The van der Waals surface area contributed by atoms with Crippen LogP contribution < -0.4 is 0 Å². The van der Waals surface area contributed by atoms with E-state index in [0.29, 0.717) is 0 Å². The molecule has 0 saturated heterocycles. The zero-order valence-corrected chi connectivity index (χ0v) is 16.1. The Morgan fingerprint density at radius 2 is 1.50 bits per heavy atom. The summed E-state index contributed by atoms with van der Waals surface area (Å²) < 4.78 is 0. The molecule has 0 fully saturated rings. The van der Waals surface area contributed by atoms with Gasteiger partial charge in [0.1, 0.15) is 11.4 Å². The molecule has 6 nitrogen and oxygen atoms in total. The molecule has 6 heteroatoms. The van der Waals surface area contributed by atoms with Crippen LogP contribution >= 0.6 is 0 Å². The third kappa shape index (κ3) is 2.90. The largest absolute Gasteiger partial charge is 0.340 e. The predicted molar refractivity (Wildman–Crippen MR) is 117 cm³/mol. The molecule has 0 amide bonds. The maximum absolute atomic E-state index is 4.71. The monoisotopic (exact) mass is 390 g/mol. The van der Waals surface area contributed by atoms with Gasteiger partial charge in [-0.15, -0.1) is 0 Å². The lowest BCUT2D eigenvalue weighted by atomic mass is 10.1. The second-order valence-electron chi connectivity index (χ2n) is 7.35. The molecule has 0 atom stereocenters. The van der Waals surface area contributed by atoms with Gasteiger partial charge in [0, 0.05) is 18.1 Å². The van der Waals surface area contributed by atoms with Crippen LogP contribution in [0.25, 0.3) is 51.3 Å². The lowest BCUT2D eigenvalue weighted by Gasteiger charge is -2.05. The first-order valence-corrected chi connectivity index (χ1v) is 9.97. The number of hydrogen-bond acceptors (Lipinski definition) is 4. The van der Waals surface area contributed by atoms with Crippen molar-refractivity contribution in [3.63, 3.8) is 0 Å². The van der Waals surface area contributed by atoms with E-state index in [-0.39, 0.29) is 0 Å². The molecule has 0 unspecified atom stereocenters. The van der Waals surface area contributed by atoms with Gasteiger partial charge in [0.2, 0.25) is 0 Å². The second-order valence-corrected chi connectivity index (χ2v) is 7.35. The number of pyridine rings is 2. The van der Waals surface area contributed by atoms with Gasteiger partial charge in [0.25, 0.3) is 0 Å². The molecule has 1 aliphatic carbocycles. The highest BCUT2D eigenvalue weighted by molar-refractivity contribution is 5.79. The van der Waals surface area contributed by atoms with Gasteiger partial charge in [-0.3, -0.25) is 9.97 Å². The van der Waals surface area contributed by atoms with E-state index in [0.717, 1.165) is 63.7 Å². The van der Waals surface area contributed by atoms with Crippen LogP contribution in [0.15, 0.2) is 67.0 Å². The molecule has 6 rings (SSSR count). The van der Waals surface area contributed by atoms with Gasteiger partial charge in [-0.2, -0.15) is 0 Å². The fraction of sp³-hybridized carbons (Fsp3) is 0.0833. The molecule has 30 heavy (non-hydrogen) atoms. The summed E-state index contributed by atoms with van der Waals surface area (Å²) in [6.45, 7) is 0. The number of nitrogens with one attached hydrogen (secondary N) is 2. The Morgan fingerprint density at radius 1 is 0.767 bits per heavy atom. The van der Waals surface area contributed by atoms with Gasteiger partial charge in [0.05, 0.1) is 16.7 Å². The third-order valence-electron chi connectivity index (χ3n) is 5.38. The molecule has 4 aromatic heterocycles. The van der Waals surface area contributed by atoms with E-state index >= 15 is 0 Å². The molecule has 1 aromatic carbocycles. The summed E-state index contributed by atoms with van der Waals surface area (Å²) in [6.07, 6.45) is 9.91. The highest BCUT2D eigenvalue weighted by atomic mass is 15.0. The molecule has 4 heterocycles. The number of imidazole rings is 2. The Balaban J connectivity index is 1.38. The molecular formula is C24H18N6. The van der Waals surface area contributed by atoms with Crippen molar-refractivity contribution in [3.05, 3.63) is 78.4 Å². The van der Waals surface area contributed by atoms with Crippen molar-refractivity contribution in [2.45, 2.75) is 12.8 Å². The standard InChI is InChI=1S/C24H18N6/c1-2-6-18-17(5-1)27-23(28-18)21-13-15(9-11-25-21)16-10-12-26-22(14-16)24-29-19-7-3-4-8-20(19)30-24/h1-3,5-7,9-14H,4,8H2,(H,27,28)(H,29,30). The molecule has 1 aliphatic rings. The molecule has 5 aromatic rings. The number of nitrogens with zero attached hydrogens (tertiary/aromatic N) is 4. The highest BCUT2D eigenvalue weighted by Gasteiger charge is 2.14. The zero-order chi connectivity index (χ0) is 19.9. The SMILES string of the molecule is C1=Cc2nc(-c3cc(-c4ccnc(-c5nc6ccccc6[nH]5)c4)ccn3)[nH]c2CC1. The van der Waals surface area contributed by atoms with E-state index < -0.39 is 0 Å². The topological polar surface area (TPSA) is 83.1 Å². The summed E-state index contributed by atoms with van der Waals surface area (Å²) in [7, 11) is 0. The summed E-state index contributed by atoms with van der Waals surface area (Å²) >= 11 is 0.